The van der Waals surface area contributed by atoms with E-state index in [1.54, 1.807) is 11.0 Å². The molecule has 1 aliphatic carbocycles. The molecule has 1 aliphatic rings. The smallest absolute Gasteiger partial charge is 0.255 e. The van der Waals surface area contributed by atoms with Gasteiger partial charge in [0.2, 0.25) is 0 Å². The number of amides is 1. The second-order valence-corrected chi connectivity index (χ2v) is 5.26. The van der Waals surface area contributed by atoms with E-state index in [4.69, 9.17) is 23.2 Å². The zero-order chi connectivity index (χ0) is 12.6. The van der Waals surface area contributed by atoms with Crippen molar-refractivity contribution in [2.24, 2.45) is 5.92 Å². The summed E-state index contributed by atoms with van der Waals surface area (Å²) in [5.74, 6) is 0.579. The molecular weight excluding hydrogens is 259 g/mol. The summed E-state index contributed by atoms with van der Waals surface area (Å²) < 4.78 is 0. The van der Waals surface area contributed by atoms with E-state index in [0.717, 1.165) is 0 Å². The second kappa shape index (κ2) is 4.83. The Hall–Kier alpha value is -0.800. The summed E-state index contributed by atoms with van der Waals surface area (Å²) in [6.07, 6.45) is 3.88. The summed E-state index contributed by atoms with van der Waals surface area (Å²) in [4.78, 5) is 17.8. The lowest BCUT2D eigenvalue weighted by atomic mass is 10.1. The first-order valence-corrected chi connectivity index (χ1v) is 6.34. The number of carbonyl (C=O) groups excluding carboxylic acids is 1. The summed E-state index contributed by atoms with van der Waals surface area (Å²) in [5.41, 5.74) is 0.481. The first-order valence-electron chi connectivity index (χ1n) is 5.59. The van der Waals surface area contributed by atoms with E-state index in [0.29, 0.717) is 16.5 Å². The van der Waals surface area contributed by atoms with Gasteiger partial charge in [0.15, 0.2) is 0 Å². The van der Waals surface area contributed by atoms with Crippen LogP contribution in [0.25, 0.3) is 0 Å². The molecule has 0 bridgehead atoms. The maximum atomic E-state index is 12.2. The summed E-state index contributed by atoms with van der Waals surface area (Å²) in [6.45, 7) is 2.07. The van der Waals surface area contributed by atoms with Crippen molar-refractivity contribution < 1.29 is 4.79 Å². The van der Waals surface area contributed by atoms with Crippen molar-refractivity contribution >= 4 is 29.1 Å². The minimum Gasteiger partial charge on any atom is -0.339 e. The van der Waals surface area contributed by atoms with E-state index in [1.165, 1.54) is 19.0 Å². The summed E-state index contributed by atoms with van der Waals surface area (Å²) >= 11 is 11.6. The molecule has 1 fully saturated rings. The van der Waals surface area contributed by atoms with Crippen molar-refractivity contribution in [2.75, 3.05) is 7.05 Å². The lowest BCUT2D eigenvalue weighted by Gasteiger charge is -2.24. The lowest BCUT2D eigenvalue weighted by Crippen LogP contribution is -2.36. The van der Waals surface area contributed by atoms with Crippen LogP contribution in [0.2, 0.25) is 10.2 Å². The highest BCUT2D eigenvalue weighted by atomic mass is 35.5. The summed E-state index contributed by atoms with van der Waals surface area (Å²) in [5, 5.41) is 0.533. The largest absolute Gasteiger partial charge is 0.339 e. The van der Waals surface area contributed by atoms with Crippen LogP contribution < -0.4 is 0 Å². The van der Waals surface area contributed by atoms with Crippen LogP contribution in [0.5, 0.6) is 0 Å². The molecule has 1 heterocycles. The van der Waals surface area contributed by atoms with Crippen LogP contribution >= 0.6 is 23.2 Å². The molecule has 0 aliphatic heterocycles. The third kappa shape index (κ3) is 2.72. The van der Waals surface area contributed by atoms with E-state index >= 15 is 0 Å². The monoisotopic (exact) mass is 272 g/mol. The van der Waals surface area contributed by atoms with E-state index in [-0.39, 0.29) is 17.1 Å². The maximum absolute atomic E-state index is 12.2. The minimum absolute atomic E-state index is 0.0598. The number of hydrogen-bond donors (Lipinski definition) is 0. The molecule has 0 saturated heterocycles. The zero-order valence-corrected chi connectivity index (χ0v) is 11.3. The van der Waals surface area contributed by atoms with Gasteiger partial charge in [-0.05, 0) is 31.7 Å². The lowest BCUT2D eigenvalue weighted by molar-refractivity contribution is 0.0727. The average molecular weight is 273 g/mol. The Bertz CT molecular complexity index is 446. The fourth-order valence-corrected chi connectivity index (χ4v) is 2.09. The third-order valence-corrected chi connectivity index (χ3v) is 3.96. The highest BCUT2D eigenvalue weighted by Gasteiger charge is 2.32. The van der Waals surface area contributed by atoms with Gasteiger partial charge < -0.3 is 4.90 Å². The second-order valence-electron chi connectivity index (χ2n) is 4.49. The number of hydrogen-bond acceptors (Lipinski definition) is 2. The highest BCUT2D eigenvalue weighted by molar-refractivity contribution is 6.41. The Morgan fingerprint density at radius 2 is 2.18 bits per heavy atom. The van der Waals surface area contributed by atoms with Crippen molar-refractivity contribution in [3.63, 3.8) is 0 Å². The number of halogens is 2. The van der Waals surface area contributed by atoms with Crippen molar-refractivity contribution in [1.29, 1.82) is 0 Å². The van der Waals surface area contributed by atoms with E-state index in [9.17, 15) is 4.79 Å². The molecule has 0 aromatic carbocycles. The van der Waals surface area contributed by atoms with Gasteiger partial charge in [-0.2, -0.15) is 0 Å². The van der Waals surface area contributed by atoms with E-state index < -0.39 is 0 Å². The number of aromatic nitrogens is 1. The molecule has 0 N–H and O–H groups in total. The number of carbonyl (C=O) groups is 1. The first-order chi connectivity index (χ1) is 8.00. The van der Waals surface area contributed by atoms with Gasteiger partial charge in [0.25, 0.3) is 5.91 Å². The molecule has 5 heteroatoms. The van der Waals surface area contributed by atoms with Crippen molar-refractivity contribution in [3.8, 4) is 0 Å². The SMILES string of the molecule is CC(C1CC1)N(C)C(=O)c1cnc(Cl)c(Cl)c1. The standard InChI is InChI=1S/C12H14Cl2N2O/c1-7(8-3-4-8)16(2)12(17)9-5-10(13)11(14)15-6-9/h5-8H,3-4H2,1-2H3. The van der Waals surface area contributed by atoms with Crippen LogP contribution in [0.15, 0.2) is 12.3 Å². The molecule has 1 amide bonds. The molecule has 3 nitrogen and oxygen atoms in total. The van der Waals surface area contributed by atoms with Gasteiger partial charge in [-0.3, -0.25) is 4.79 Å². The fraction of sp³-hybridized carbons (Fsp3) is 0.500. The Morgan fingerprint density at radius 3 is 2.71 bits per heavy atom. The predicted molar refractivity (Wildman–Crippen MR) is 68.5 cm³/mol. The van der Waals surface area contributed by atoms with Gasteiger partial charge >= 0.3 is 0 Å². The molecule has 1 atom stereocenters. The Morgan fingerprint density at radius 1 is 1.53 bits per heavy atom. The molecule has 1 aromatic heterocycles. The number of pyridine rings is 1. The minimum atomic E-state index is -0.0598. The zero-order valence-electron chi connectivity index (χ0n) is 9.78. The predicted octanol–water partition coefficient (Wildman–Crippen LogP) is 3.26. The highest BCUT2D eigenvalue weighted by Crippen LogP contribution is 2.35. The molecule has 0 spiro atoms. The maximum Gasteiger partial charge on any atom is 0.255 e. The molecular formula is C12H14Cl2N2O. The van der Waals surface area contributed by atoms with Gasteiger partial charge in [-0.15, -0.1) is 0 Å². The summed E-state index contributed by atoms with van der Waals surface area (Å²) in [7, 11) is 1.81. The van der Waals surface area contributed by atoms with Crippen LogP contribution in [0.4, 0.5) is 0 Å². The first kappa shape index (κ1) is 12.7. The van der Waals surface area contributed by atoms with Crippen LogP contribution in [0.1, 0.15) is 30.1 Å². The van der Waals surface area contributed by atoms with Gasteiger partial charge in [-0.25, -0.2) is 4.98 Å². The number of rotatable bonds is 3. The van der Waals surface area contributed by atoms with Crippen LogP contribution in [-0.4, -0.2) is 28.9 Å². The molecule has 92 valence electrons. The molecule has 1 aromatic rings. The third-order valence-electron chi connectivity index (χ3n) is 3.28. The Labute approximate surface area is 111 Å². The fourth-order valence-electron chi connectivity index (χ4n) is 1.82. The number of nitrogens with zero attached hydrogens (tertiary/aromatic N) is 2. The van der Waals surface area contributed by atoms with Gasteiger partial charge in [0, 0.05) is 19.3 Å². The van der Waals surface area contributed by atoms with Crippen LogP contribution in [-0.2, 0) is 0 Å². The Kier molecular flexibility index (Phi) is 3.59. The van der Waals surface area contributed by atoms with Gasteiger partial charge in [0.05, 0.1) is 10.6 Å². The van der Waals surface area contributed by atoms with Crippen molar-refractivity contribution in [2.45, 2.75) is 25.8 Å². The van der Waals surface area contributed by atoms with Gasteiger partial charge in [-0.1, -0.05) is 23.2 Å². The van der Waals surface area contributed by atoms with Gasteiger partial charge in [0.1, 0.15) is 5.15 Å². The van der Waals surface area contributed by atoms with Crippen molar-refractivity contribution in [3.05, 3.63) is 28.0 Å². The van der Waals surface area contributed by atoms with Crippen LogP contribution in [0.3, 0.4) is 0 Å². The molecule has 1 saturated carbocycles. The Balaban J connectivity index is 2.15. The molecule has 2 rings (SSSR count). The average Bonchev–Trinajstić information content (AvgIpc) is 3.14. The van der Waals surface area contributed by atoms with E-state index in [2.05, 4.69) is 11.9 Å². The van der Waals surface area contributed by atoms with Crippen LogP contribution in [0, 0.1) is 5.92 Å². The molecule has 1 unspecified atom stereocenters. The summed E-state index contributed by atoms with van der Waals surface area (Å²) in [6, 6.07) is 1.83. The quantitative estimate of drug-likeness (QED) is 0.792. The van der Waals surface area contributed by atoms with Crippen molar-refractivity contribution in [1.82, 2.24) is 9.88 Å². The topological polar surface area (TPSA) is 33.2 Å². The normalized spacial score (nSPS) is 16.7. The molecule has 0 radical (unpaired) electrons. The van der Waals surface area contributed by atoms with E-state index in [1.807, 2.05) is 7.05 Å². The molecule has 17 heavy (non-hydrogen) atoms.